The molecule has 0 bridgehead atoms. The van der Waals surface area contributed by atoms with Gasteiger partial charge in [0.15, 0.2) is 11.6 Å². The first-order valence-corrected chi connectivity index (χ1v) is 6.82. The Labute approximate surface area is 113 Å². The average molecular weight is 268 g/mol. The Kier molecular flexibility index (Phi) is 4.90. The molecule has 0 radical (unpaired) electrons. The van der Waals surface area contributed by atoms with E-state index in [9.17, 15) is 4.39 Å². The van der Waals surface area contributed by atoms with Gasteiger partial charge in [-0.1, -0.05) is 6.92 Å². The molecule has 5 nitrogen and oxygen atoms in total. The molecule has 2 rings (SSSR count). The van der Waals surface area contributed by atoms with Crippen LogP contribution in [0.4, 0.5) is 16.2 Å². The van der Waals surface area contributed by atoms with E-state index in [1.54, 1.807) is 0 Å². The fraction of sp³-hybridized carbons (Fsp3) is 0.692. The van der Waals surface area contributed by atoms with Crippen molar-refractivity contribution in [1.29, 1.82) is 0 Å². The largest absolute Gasteiger partial charge is 0.378 e. The topological polar surface area (TPSA) is 59.1 Å². The third kappa shape index (κ3) is 3.76. The molecule has 2 heterocycles. The maximum Gasteiger partial charge on any atom is 0.224 e. The summed E-state index contributed by atoms with van der Waals surface area (Å²) in [6.45, 7) is 6.32. The molecule has 1 aliphatic rings. The summed E-state index contributed by atoms with van der Waals surface area (Å²) in [5.74, 6) is 0.698. The van der Waals surface area contributed by atoms with Gasteiger partial charge < -0.3 is 15.4 Å². The molecule has 0 saturated carbocycles. The lowest BCUT2D eigenvalue weighted by atomic mass is 10.0. The number of rotatable bonds is 6. The monoisotopic (exact) mass is 268 g/mol. The first-order valence-electron chi connectivity index (χ1n) is 6.82. The predicted molar refractivity (Wildman–Crippen MR) is 72.8 cm³/mol. The predicted octanol–water partition coefficient (Wildman–Crippen LogP) is 2.27. The summed E-state index contributed by atoms with van der Waals surface area (Å²) in [6, 6.07) is 0. The van der Waals surface area contributed by atoms with Gasteiger partial charge in [0, 0.05) is 25.6 Å². The lowest BCUT2D eigenvalue weighted by Crippen LogP contribution is -2.22. The van der Waals surface area contributed by atoms with Gasteiger partial charge in [0.1, 0.15) is 0 Å². The number of anilines is 2. The molecule has 0 aliphatic carbocycles. The van der Waals surface area contributed by atoms with Crippen molar-refractivity contribution >= 4 is 11.8 Å². The van der Waals surface area contributed by atoms with Crippen molar-refractivity contribution in [3.05, 3.63) is 12.0 Å². The van der Waals surface area contributed by atoms with E-state index in [1.807, 2.05) is 6.92 Å². The highest BCUT2D eigenvalue weighted by Crippen LogP contribution is 2.21. The summed E-state index contributed by atoms with van der Waals surface area (Å²) in [4.78, 5) is 8.06. The van der Waals surface area contributed by atoms with E-state index in [2.05, 4.69) is 27.5 Å². The molecule has 2 unspecified atom stereocenters. The van der Waals surface area contributed by atoms with E-state index in [-0.39, 0.29) is 11.9 Å². The van der Waals surface area contributed by atoms with Crippen LogP contribution in [-0.4, -0.2) is 35.8 Å². The third-order valence-electron chi connectivity index (χ3n) is 3.34. The molecule has 19 heavy (non-hydrogen) atoms. The summed E-state index contributed by atoms with van der Waals surface area (Å²) in [5.41, 5.74) is 0. The number of nitrogens with one attached hydrogen (secondary N) is 2. The summed E-state index contributed by atoms with van der Waals surface area (Å²) < 4.78 is 19.1. The molecule has 6 heteroatoms. The van der Waals surface area contributed by atoms with Crippen LogP contribution in [0.5, 0.6) is 0 Å². The van der Waals surface area contributed by atoms with Gasteiger partial charge in [0.2, 0.25) is 5.95 Å². The van der Waals surface area contributed by atoms with Crippen LogP contribution in [0.2, 0.25) is 0 Å². The Morgan fingerprint density at radius 2 is 2.32 bits per heavy atom. The molecular weight excluding hydrogens is 247 g/mol. The van der Waals surface area contributed by atoms with Crippen LogP contribution in [0.25, 0.3) is 0 Å². The first kappa shape index (κ1) is 14.0. The third-order valence-corrected chi connectivity index (χ3v) is 3.34. The molecular formula is C13H21FN4O. The Morgan fingerprint density at radius 1 is 1.47 bits per heavy atom. The van der Waals surface area contributed by atoms with Crippen molar-refractivity contribution in [3.63, 3.8) is 0 Å². The van der Waals surface area contributed by atoms with E-state index in [0.717, 1.165) is 26.0 Å². The molecule has 0 amide bonds. The van der Waals surface area contributed by atoms with E-state index in [4.69, 9.17) is 4.74 Å². The smallest absolute Gasteiger partial charge is 0.224 e. The second-order valence-electron chi connectivity index (χ2n) is 4.82. The number of aromatic nitrogens is 2. The minimum Gasteiger partial charge on any atom is -0.378 e. The van der Waals surface area contributed by atoms with Gasteiger partial charge in [-0.25, -0.2) is 9.37 Å². The van der Waals surface area contributed by atoms with E-state index < -0.39 is 5.82 Å². The highest BCUT2D eigenvalue weighted by Gasteiger charge is 2.24. The number of halogens is 1. The number of hydrogen-bond donors (Lipinski definition) is 2. The molecule has 106 valence electrons. The molecule has 2 atom stereocenters. The number of ether oxygens (including phenoxy) is 1. The number of nitrogens with zero attached hydrogens (tertiary/aromatic N) is 2. The van der Waals surface area contributed by atoms with Crippen LogP contribution < -0.4 is 10.6 Å². The zero-order chi connectivity index (χ0) is 13.7. The van der Waals surface area contributed by atoms with Crippen molar-refractivity contribution in [2.24, 2.45) is 5.92 Å². The summed E-state index contributed by atoms with van der Waals surface area (Å²) in [6.07, 6.45) is 3.39. The minimum atomic E-state index is -0.423. The van der Waals surface area contributed by atoms with Gasteiger partial charge in [-0.2, -0.15) is 4.98 Å². The quantitative estimate of drug-likeness (QED) is 0.829. The number of hydrogen-bond acceptors (Lipinski definition) is 5. The van der Waals surface area contributed by atoms with Crippen LogP contribution in [0.1, 0.15) is 26.7 Å². The lowest BCUT2D eigenvalue weighted by Gasteiger charge is -2.15. The van der Waals surface area contributed by atoms with E-state index >= 15 is 0 Å². The molecule has 1 aromatic heterocycles. The van der Waals surface area contributed by atoms with Crippen molar-refractivity contribution < 1.29 is 9.13 Å². The van der Waals surface area contributed by atoms with Crippen molar-refractivity contribution in [2.45, 2.75) is 32.8 Å². The van der Waals surface area contributed by atoms with Crippen LogP contribution in [0.3, 0.4) is 0 Å². The molecule has 1 aromatic rings. The second kappa shape index (κ2) is 6.65. The zero-order valence-corrected chi connectivity index (χ0v) is 11.4. The van der Waals surface area contributed by atoms with Gasteiger partial charge in [-0.3, -0.25) is 0 Å². The standard InChI is InChI=1S/C13H21FN4O/c1-3-5-15-13-17-8-11(14)12(18-13)16-7-10-4-6-19-9(10)2/h8-10H,3-7H2,1-2H3,(H2,15,16,17,18). The van der Waals surface area contributed by atoms with Crippen molar-refractivity contribution in [3.8, 4) is 0 Å². The SMILES string of the molecule is CCCNc1ncc(F)c(NCC2CCOC2C)n1. The highest BCUT2D eigenvalue weighted by molar-refractivity contribution is 5.41. The summed E-state index contributed by atoms with van der Waals surface area (Å²) in [7, 11) is 0. The highest BCUT2D eigenvalue weighted by atomic mass is 19.1. The van der Waals surface area contributed by atoms with Gasteiger partial charge in [0.25, 0.3) is 0 Å². The van der Waals surface area contributed by atoms with Crippen LogP contribution >= 0.6 is 0 Å². The van der Waals surface area contributed by atoms with Crippen LogP contribution in [0, 0.1) is 11.7 Å². The normalized spacial score (nSPS) is 22.5. The van der Waals surface area contributed by atoms with Gasteiger partial charge in [-0.05, 0) is 19.8 Å². The van der Waals surface area contributed by atoms with E-state index in [0.29, 0.717) is 18.4 Å². The van der Waals surface area contributed by atoms with Crippen molar-refractivity contribution in [1.82, 2.24) is 9.97 Å². The fourth-order valence-corrected chi connectivity index (χ4v) is 2.08. The van der Waals surface area contributed by atoms with E-state index in [1.165, 1.54) is 6.20 Å². The molecule has 0 spiro atoms. The lowest BCUT2D eigenvalue weighted by molar-refractivity contribution is 0.108. The molecule has 0 aromatic carbocycles. The Morgan fingerprint density at radius 3 is 3.00 bits per heavy atom. The fourth-order valence-electron chi connectivity index (χ4n) is 2.08. The van der Waals surface area contributed by atoms with Gasteiger partial charge in [0.05, 0.1) is 12.3 Å². The van der Waals surface area contributed by atoms with Gasteiger partial charge >= 0.3 is 0 Å². The first-order chi connectivity index (χ1) is 9.20. The summed E-state index contributed by atoms with van der Waals surface area (Å²) >= 11 is 0. The molecule has 1 saturated heterocycles. The van der Waals surface area contributed by atoms with Crippen LogP contribution in [0.15, 0.2) is 6.20 Å². The van der Waals surface area contributed by atoms with Crippen molar-refractivity contribution in [2.75, 3.05) is 30.3 Å². The second-order valence-corrected chi connectivity index (χ2v) is 4.82. The maximum absolute atomic E-state index is 13.6. The van der Waals surface area contributed by atoms with Crippen LogP contribution in [-0.2, 0) is 4.74 Å². The van der Waals surface area contributed by atoms with Gasteiger partial charge in [-0.15, -0.1) is 0 Å². The Hall–Kier alpha value is -1.43. The Balaban J connectivity index is 1.94. The summed E-state index contributed by atoms with van der Waals surface area (Å²) in [5, 5.41) is 6.10. The zero-order valence-electron chi connectivity index (χ0n) is 11.4. The average Bonchev–Trinajstić information content (AvgIpc) is 2.82. The maximum atomic E-state index is 13.6. The molecule has 1 aliphatic heterocycles. The Bertz CT molecular complexity index is 416. The molecule has 2 N–H and O–H groups in total. The molecule has 1 fully saturated rings. The minimum absolute atomic E-state index is 0.218.